The average Bonchev–Trinajstić information content (AvgIpc) is 2.27. The van der Waals surface area contributed by atoms with Crippen LogP contribution in [0, 0.1) is 5.82 Å². The van der Waals surface area contributed by atoms with Crippen LogP contribution < -0.4 is 16.2 Å². The van der Waals surface area contributed by atoms with Crippen molar-refractivity contribution in [1.82, 2.24) is 9.97 Å². The van der Waals surface area contributed by atoms with E-state index in [0.717, 1.165) is 25.5 Å². The van der Waals surface area contributed by atoms with Crippen LogP contribution in [0.1, 0.15) is 19.3 Å². The second-order valence-electron chi connectivity index (χ2n) is 4.01. The van der Waals surface area contributed by atoms with Gasteiger partial charge in [0, 0.05) is 12.6 Å². The van der Waals surface area contributed by atoms with Gasteiger partial charge >= 0.3 is 0 Å². The second-order valence-corrected chi connectivity index (χ2v) is 4.01. The predicted octanol–water partition coefficient (Wildman–Crippen LogP) is 0.252. The van der Waals surface area contributed by atoms with Crippen molar-refractivity contribution in [1.29, 1.82) is 0 Å². The van der Waals surface area contributed by atoms with E-state index in [0.29, 0.717) is 6.54 Å². The molecule has 1 aliphatic rings. The van der Waals surface area contributed by atoms with Crippen molar-refractivity contribution in [3.63, 3.8) is 0 Å². The van der Waals surface area contributed by atoms with Crippen LogP contribution in [0.25, 0.3) is 0 Å². The molecule has 6 nitrogen and oxygen atoms in total. The highest BCUT2D eigenvalue weighted by Gasteiger charge is 2.27. The van der Waals surface area contributed by atoms with Crippen LogP contribution >= 0.6 is 0 Å². The Kier molecular flexibility index (Phi) is 3.70. The number of hydrogen-bond donors (Lipinski definition) is 3. The van der Waals surface area contributed by atoms with E-state index in [-0.39, 0.29) is 24.4 Å². The molecule has 0 unspecified atom stereocenters. The van der Waals surface area contributed by atoms with Gasteiger partial charge in [-0.25, -0.2) is 15.2 Å². The van der Waals surface area contributed by atoms with Crippen LogP contribution in [-0.4, -0.2) is 34.3 Å². The molecule has 1 aromatic heterocycles. The van der Waals surface area contributed by atoms with Crippen LogP contribution in [0.4, 0.5) is 16.2 Å². The number of nitrogens with one attached hydrogen (secondary N) is 1. The summed E-state index contributed by atoms with van der Waals surface area (Å²) < 4.78 is 13.7. The standard InChI is InChI=1S/C10H16FN5O/c11-8-6-13-10(15-12)14-9(8)16(4-5-17)7-2-1-3-7/h6-7,17H,1-5,12H2,(H,13,14,15). The van der Waals surface area contributed by atoms with Crippen LogP contribution in [0.3, 0.4) is 0 Å². The number of aliphatic hydroxyl groups excluding tert-OH is 1. The number of halogens is 1. The molecular weight excluding hydrogens is 225 g/mol. The Labute approximate surface area is 98.6 Å². The first-order valence-electron chi connectivity index (χ1n) is 5.63. The number of nitrogens with zero attached hydrogens (tertiary/aromatic N) is 3. The summed E-state index contributed by atoms with van der Waals surface area (Å²) in [6.07, 6.45) is 4.20. The lowest BCUT2D eigenvalue weighted by atomic mass is 9.91. The zero-order chi connectivity index (χ0) is 12.3. The first kappa shape index (κ1) is 12.0. The van der Waals surface area contributed by atoms with Gasteiger partial charge in [0.05, 0.1) is 12.8 Å². The topological polar surface area (TPSA) is 87.3 Å². The molecule has 1 saturated carbocycles. The summed E-state index contributed by atoms with van der Waals surface area (Å²) in [6, 6.07) is 0.247. The minimum Gasteiger partial charge on any atom is -0.395 e. The number of rotatable bonds is 5. The summed E-state index contributed by atoms with van der Waals surface area (Å²) in [6.45, 7) is 0.327. The van der Waals surface area contributed by atoms with Gasteiger partial charge < -0.3 is 10.0 Å². The molecule has 1 aliphatic carbocycles. The lowest BCUT2D eigenvalue weighted by Crippen LogP contribution is -2.43. The molecule has 0 atom stereocenters. The maximum atomic E-state index is 13.7. The van der Waals surface area contributed by atoms with Gasteiger partial charge in [-0.2, -0.15) is 4.98 Å². The third-order valence-corrected chi connectivity index (χ3v) is 2.98. The van der Waals surface area contributed by atoms with Gasteiger partial charge in [0.15, 0.2) is 11.6 Å². The van der Waals surface area contributed by atoms with Crippen LogP contribution in [0.15, 0.2) is 6.20 Å². The van der Waals surface area contributed by atoms with Gasteiger partial charge in [-0.3, -0.25) is 5.43 Å². The van der Waals surface area contributed by atoms with Gasteiger partial charge in [0.25, 0.3) is 0 Å². The van der Waals surface area contributed by atoms with Crippen molar-refractivity contribution in [2.75, 3.05) is 23.5 Å². The summed E-state index contributed by atoms with van der Waals surface area (Å²) in [5.74, 6) is 5.07. The van der Waals surface area contributed by atoms with Gasteiger partial charge in [-0.1, -0.05) is 0 Å². The van der Waals surface area contributed by atoms with Crippen LogP contribution in [0.2, 0.25) is 0 Å². The van der Waals surface area contributed by atoms with Crippen LogP contribution in [-0.2, 0) is 0 Å². The molecular formula is C10H16FN5O. The number of nitrogens with two attached hydrogens (primary N) is 1. The molecule has 1 fully saturated rings. The highest BCUT2D eigenvalue weighted by Crippen LogP contribution is 2.29. The summed E-state index contributed by atoms with van der Waals surface area (Å²) >= 11 is 0. The lowest BCUT2D eigenvalue weighted by molar-refractivity contribution is 0.282. The third-order valence-electron chi connectivity index (χ3n) is 2.98. The number of aromatic nitrogens is 2. The molecule has 0 radical (unpaired) electrons. The summed E-state index contributed by atoms with van der Waals surface area (Å²) in [4.78, 5) is 9.48. The fourth-order valence-corrected chi connectivity index (χ4v) is 1.90. The smallest absolute Gasteiger partial charge is 0.239 e. The maximum Gasteiger partial charge on any atom is 0.239 e. The van der Waals surface area contributed by atoms with Gasteiger partial charge in [0.2, 0.25) is 5.95 Å². The molecule has 0 amide bonds. The number of nitrogen functional groups attached to an aromatic ring is 1. The number of anilines is 2. The van der Waals surface area contributed by atoms with E-state index in [4.69, 9.17) is 10.9 Å². The normalized spacial score (nSPS) is 15.5. The van der Waals surface area contributed by atoms with Crippen molar-refractivity contribution in [3.05, 3.63) is 12.0 Å². The first-order chi connectivity index (χ1) is 8.26. The molecule has 0 bridgehead atoms. The van der Waals surface area contributed by atoms with Gasteiger partial charge in [-0.05, 0) is 19.3 Å². The average molecular weight is 241 g/mol. The van der Waals surface area contributed by atoms with E-state index in [2.05, 4.69) is 15.4 Å². The van der Waals surface area contributed by atoms with E-state index in [1.807, 2.05) is 0 Å². The number of hydrazine groups is 1. The molecule has 0 spiro atoms. The Bertz CT molecular complexity index is 385. The SMILES string of the molecule is NNc1ncc(F)c(N(CCO)C2CCC2)n1. The largest absolute Gasteiger partial charge is 0.395 e. The Morgan fingerprint density at radius 1 is 1.59 bits per heavy atom. The highest BCUT2D eigenvalue weighted by atomic mass is 19.1. The monoisotopic (exact) mass is 241 g/mol. The van der Waals surface area contributed by atoms with Crippen molar-refractivity contribution in [2.45, 2.75) is 25.3 Å². The molecule has 0 saturated heterocycles. The maximum absolute atomic E-state index is 13.7. The van der Waals surface area contributed by atoms with E-state index < -0.39 is 5.82 Å². The lowest BCUT2D eigenvalue weighted by Gasteiger charge is -2.38. The van der Waals surface area contributed by atoms with Crippen molar-refractivity contribution >= 4 is 11.8 Å². The zero-order valence-electron chi connectivity index (χ0n) is 9.43. The Hall–Kier alpha value is -1.47. The molecule has 1 aromatic rings. The minimum atomic E-state index is -0.496. The Morgan fingerprint density at radius 3 is 2.88 bits per heavy atom. The zero-order valence-corrected chi connectivity index (χ0v) is 9.43. The van der Waals surface area contributed by atoms with E-state index in [9.17, 15) is 4.39 Å². The molecule has 2 rings (SSSR count). The first-order valence-corrected chi connectivity index (χ1v) is 5.63. The quantitative estimate of drug-likeness (QED) is 0.506. The fourth-order valence-electron chi connectivity index (χ4n) is 1.90. The van der Waals surface area contributed by atoms with Gasteiger partial charge in [-0.15, -0.1) is 0 Å². The molecule has 94 valence electrons. The van der Waals surface area contributed by atoms with Crippen molar-refractivity contribution in [2.24, 2.45) is 5.84 Å². The molecule has 0 aromatic carbocycles. The van der Waals surface area contributed by atoms with E-state index in [1.165, 1.54) is 0 Å². The van der Waals surface area contributed by atoms with E-state index in [1.54, 1.807) is 4.90 Å². The summed E-state index contributed by atoms with van der Waals surface area (Å²) in [5.41, 5.74) is 2.29. The summed E-state index contributed by atoms with van der Waals surface area (Å²) in [5, 5.41) is 9.04. The molecule has 4 N–H and O–H groups in total. The Balaban J connectivity index is 2.26. The molecule has 7 heteroatoms. The molecule has 17 heavy (non-hydrogen) atoms. The molecule has 1 heterocycles. The van der Waals surface area contributed by atoms with Crippen molar-refractivity contribution < 1.29 is 9.50 Å². The third kappa shape index (κ3) is 2.45. The highest BCUT2D eigenvalue weighted by molar-refractivity contribution is 5.45. The molecule has 0 aliphatic heterocycles. The number of hydrogen-bond acceptors (Lipinski definition) is 6. The van der Waals surface area contributed by atoms with Gasteiger partial charge in [0.1, 0.15) is 0 Å². The number of aliphatic hydroxyl groups is 1. The Morgan fingerprint density at radius 2 is 2.35 bits per heavy atom. The fraction of sp³-hybridized carbons (Fsp3) is 0.600. The van der Waals surface area contributed by atoms with Crippen molar-refractivity contribution in [3.8, 4) is 0 Å². The predicted molar refractivity (Wildman–Crippen MR) is 61.9 cm³/mol. The van der Waals surface area contributed by atoms with E-state index >= 15 is 0 Å². The second kappa shape index (κ2) is 5.24. The van der Waals surface area contributed by atoms with Crippen LogP contribution in [0.5, 0.6) is 0 Å². The minimum absolute atomic E-state index is 0.0364. The summed E-state index contributed by atoms with van der Waals surface area (Å²) in [7, 11) is 0.